The Morgan fingerprint density at radius 1 is 1.36 bits per heavy atom. The standard InChI is InChI=1S/C22H32ClN3O2.H2/c1-2-28-21(27)25-17-5-3-4-6-18(14-17)26-11-9-22(10-12-26)15-24-20-8-7-16(23)13-19(20)22;/h7-8,13,17-18,24H,2-6,9-12,14-15H2,1H3,(H,25,27);1H. The lowest BCUT2D eigenvalue weighted by molar-refractivity contribution is 0.104. The van der Waals surface area contributed by atoms with Gasteiger partial charge in [0.05, 0.1) is 6.61 Å². The van der Waals surface area contributed by atoms with Crippen molar-refractivity contribution >= 4 is 23.4 Å². The van der Waals surface area contributed by atoms with E-state index in [4.69, 9.17) is 16.3 Å². The van der Waals surface area contributed by atoms with Crippen molar-refractivity contribution in [1.82, 2.24) is 10.2 Å². The molecule has 1 saturated heterocycles. The molecule has 2 fully saturated rings. The van der Waals surface area contributed by atoms with Gasteiger partial charge in [0.15, 0.2) is 0 Å². The molecule has 6 heteroatoms. The minimum absolute atomic E-state index is 0. The molecule has 2 aliphatic heterocycles. The molecule has 2 N–H and O–H groups in total. The number of ether oxygens (including phenoxy) is 1. The van der Waals surface area contributed by atoms with Gasteiger partial charge in [-0.05, 0) is 75.9 Å². The van der Waals surface area contributed by atoms with Gasteiger partial charge in [0.1, 0.15) is 0 Å². The molecule has 2 atom stereocenters. The Morgan fingerprint density at radius 3 is 2.93 bits per heavy atom. The highest BCUT2D eigenvalue weighted by Crippen LogP contribution is 2.45. The molecule has 0 bridgehead atoms. The van der Waals surface area contributed by atoms with Crippen molar-refractivity contribution in [2.24, 2.45) is 0 Å². The summed E-state index contributed by atoms with van der Waals surface area (Å²) in [6.07, 6.45) is 7.81. The fourth-order valence-electron chi connectivity index (χ4n) is 5.37. The van der Waals surface area contributed by atoms with Crippen LogP contribution in [0.1, 0.15) is 58.9 Å². The lowest BCUT2D eigenvalue weighted by Gasteiger charge is -2.43. The van der Waals surface area contributed by atoms with Gasteiger partial charge in [0, 0.05) is 36.2 Å². The van der Waals surface area contributed by atoms with Crippen molar-refractivity contribution in [2.45, 2.75) is 69.4 Å². The second kappa shape index (κ2) is 8.50. The minimum Gasteiger partial charge on any atom is -0.450 e. The second-order valence-corrected chi connectivity index (χ2v) is 9.03. The van der Waals surface area contributed by atoms with Crippen LogP contribution in [0.2, 0.25) is 5.02 Å². The SMILES string of the molecule is CCOC(=O)NC1CCCCC(N2CCC3(CC2)CNc2ccc(Cl)cc23)C1.[HH]. The molecule has 1 spiro atoms. The number of carbonyl (C=O) groups is 1. The van der Waals surface area contributed by atoms with Gasteiger partial charge in [-0.3, -0.25) is 0 Å². The smallest absolute Gasteiger partial charge is 0.407 e. The van der Waals surface area contributed by atoms with Crippen LogP contribution in [0, 0.1) is 0 Å². The Kier molecular flexibility index (Phi) is 6.02. The van der Waals surface area contributed by atoms with E-state index in [1.807, 2.05) is 13.0 Å². The number of hydrogen-bond donors (Lipinski definition) is 2. The normalized spacial score (nSPS) is 26.9. The third-order valence-corrected chi connectivity index (χ3v) is 7.17. The molecular weight excluding hydrogens is 374 g/mol. The fourth-order valence-corrected chi connectivity index (χ4v) is 5.54. The lowest BCUT2D eigenvalue weighted by atomic mass is 9.74. The number of fused-ring (bicyclic) bond motifs is 2. The number of halogens is 1. The molecule has 1 aromatic carbocycles. The number of piperidine rings is 1. The molecule has 28 heavy (non-hydrogen) atoms. The van der Waals surface area contributed by atoms with Crippen LogP contribution < -0.4 is 10.6 Å². The van der Waals surface area contributed by atoms with Crippen LogP contribution >= 0.6 is 11.6 Å². The average Bonchev–Trinajstić information content (AvgIpc) is 2.87. The average molecular weight is 408 g/mol. The third-order valence-electron chi connectivity index (χ3n) is 6.94. The molecule has 5 nitrogen and oxygen atoms in total. The number of hydrogen-bond acceptors (Lipinski definition) is 4. The largest absolute Gasteiger partial charge is 0.450 e. The van der Waals surface area contributed by atoms with Crippen LogP contribution in [0.5, 0.6) is 0 Å². The summed E-state index contributed by atoms with van der Waals surface area (Å²) in [5.41, 5.74) is 2.89. The van der Waals surface area contributed by atoms with Crippen molar-refractivity contribution in [3.05, 3.63) is 28.8 Å². The maximum absolute atomic E-state index is 11.9. The molecule has 0 radical (unpaired) electrons. The number of benzene rings is 1. The van der Waals surface area contributed by atoms with Crippen LogP contribution in [-0.2, 0) is 10.2 Å². The number of likely N-dealkylation sites (tertiary alicyclic amines) is 1. The van der Waals surface area contributed by atoms with Gasteiger partial charge >= 0.3 is 6.09 Å². The van der Waals surface area contributed by atoms with E-state index in [0.29, 0.717) is 12.6 Å². The van der Waals surface area contributed by atoms with Crippen molar-refractivity contribution in [3.63, 3.8) is 0 Å². The number of carbonyl (C=O) groups excluding carboxylic acids is 1. The van der Waals surface area contributed by atoms with Crippen LogP contribution in [0.4, 0.5) is 10.5 Å². The van der Waals surface area contributed by atoms with E-state index in [9.17, 15) is 4.79 Å². The van der Waals surface area contributed by atoms with E-state index >= 15 is 0 Å². The minimum atomic E-state index is -0.267. The molecule has 0 aromatic heterocycles. The highest BCUT2D eigenvalue weighted by Gasteiger charge is 2.42. The summed E-state index contributed by atoms with van der Waals surface area (Å²) >= 11 is 6.29. The van der Waals surface area contributed by atoms with Gasteiger partial charge < -0.3 is 20.3 Å². The van der Waals surface area contributed by atoms with E-state index < -0.39 is 0 Å². The van der Waals surface area contributed by atoms with E-state index in [1.165, 1.54) is 43.4 Å². The predicted octanol–water partition coefficient (Wildman–Crippen LogP) is 4.79. The molecule has 4 rings (SSSR count). The maximum atomic E-state index is 11.9. The van der Waals surface area contributed by atoms with Crippen molar-refractivity contribution < 1.29 is 11.0 Å². The summed E-state index contributed by atoms with van der Waals surface area (Å²) in [5.74, 6) is 0. The van der Waals surface area contributed by atoms with Gasteiger partial charge in [-0.25, -0.2) is 4.79 Å². The number of nitrogens with one attached hydrogen (secondary N) is 2. The summed E-state index contributed by atoms with van der Waals surface area (Å²) < 4.78 is 5.09. The van der Waals surface area contributed by atoms with Crippen LogP contribution in [0.25, 0.3) is 0 Å². The monoisotopic (exact) mass is 407 g/mol. The van der Waals surface area contributed by atoms with Gasteiger partial charge in [-0.1, -0.05) is 24.4 Å². The lowest BCUT2D eigenvalue weighted by Crippen LogP contribution is -2.49. The highest BCUT2D eigenvalue weighted by atomic mass is 35.5. The first-order valence-electron chi connectivity index (χ1n) is 10.8. The van der Waals surface area contributed by atoms with Crippen molar-refractivity contribution in [3.8, 4) is 0 Å². The van der Waals surface area contributed by atoms with Crippen molar-refractivity contribution in [1.29, 1.82) is 0 Å². The Bertz CT molecular complexity index is 709. The predicted molar refractivity (Wildman–Crippen MR) is 115 cm³/mol. The van der Waals surface area contributed by atoms with Gasteiger partial charge in [0.25, 0.3) is 0 Å². The summed E-state index contributed by atoms with van der Waals surface area (Å²) in [5, 5.41) is 7.51. The van der Waals surface area contributed by atoms with E-state index in [0.717, 1.165) is 37.5 Å². The van der Waals surface area contributed by atoms with Crippen LogP contribution in [0.3, 0.4) is 0 Å². The first kappa shape index (κ1) is 19.8. The zero-order valence-electron chi connectivity index (χ0n) is 16.8. The third kappa shape index (κ3) is 4.11. The fraction of sp³-hybridized carbons (Fsp3) is 0.682. The molecule has 2 unspecified atom stereocenters. The number of anilines is 1. The number of rotatable bonds is 3. The summed E-state index contributed by atoms with van der Waals surface area (Å²) in [6.45, 7) is 5.53. The van der Waals surface area contributed by atoms with Crippen molar-refractivity contribution in [2.75, 3.05) is 31.6 Å². The van der Waals surface area contributed by atoms with Crippen LogP contribution in [0.15, 0.2) is 18.2 Å². The van der Waals surface area contributed by atoms with Gasteiger partial charge in [0.2, 0.25) is 0 Å². The number of amides is 1. The Labute approximate surface area is 174 Å². The molecule has 2 heterocycles. The number of alkyl carbamates (subject to hydrolysis) is 1. The number of nitrogens with zero attached hydrogens (tertiary/aromatic N) is 1. The molecule has 1 aromatic rings. The molecule has 1 amide bonds. The molecular formula is C22H34ClN3O2. The zero-order chi connectivity index (χ0) is 19.6. The quantitative estimate of drug-likeness (QED) is 0.707. The molecule has 1 aliphatic carbocycles. The van der Waals surface area contributed by atoms with Gasteiger partial charge in [-0.2, -0.15) is 0 Å². The molecule has 1 saturated carbocycles. The molecule has 3 aliphatic rings. The second-order valence-electron chi connectivity index (χ2n) is 8.60. The zero-order valence-corrected chi connectivity index (χ0v) is 17.6. The Balaban J connectivity index is 0.00000240. The van der Waals surface area contributed by atoms with Gasteiger partial charge in [-0.15, -0.1) is 0 Å². The first-order chi connectivity index (χ1) is 13.6. The van der Waals surface area contributed by atoms with E-state index in [1.54, 1.807) is 0 Å². The first-order valence-corrected chi connectivity index (χ1v) is 11.2. The summed E-state index contributed by atoms with van der Waals surface area (Å²) in [7, 11) is 0. The summed E-state index contributed by atoms with van der Waals surface area (Å²) in [6, 6.07) is 7.05. The highest BCUT2D eigenvalue weighted by molar-refractivity contribution is 6.30. The Morgan fingerprint density at radius 2 is 2.14 bits per heavy atom. The van der Waals surface area contributed by atoms with Crippen LogP contribution in [-0.4, -0.2) is 49.3 Å². The summed E-state index contributed by atoms with van der Waals surface area (Å²) in [4.78, 5) is 14.5. The van der Waals surface area contributed by atoms with E-state index in [2.05, 4.69) is 27.7 Å². The topological polar surface area (TPSA) is 53.6 Å². The molecule has 156 valence electrons. The Hall–Kier alpha value is -1.46. The van der Waals surface area contributed by atoms with E-state index in [-0.39, 0.29) is 19.0 Å². The maximum Gasteiger partial charge on any atom is 0.407 e.